The lowest BCUT2D eigenvalue weighted by atomic mass is 9.78. The van der Waals surface area contributed by atoms with Gasteiger partial charge in [-0.15, -0.1) is 0 Å². The predicted molar refractivity (Wildman–Crippen MR) is 66.1 cm³/mol. The number of hydrogen-bond donors (Lipinski definition) is 1. The van der Waals surface area contributed by atoms with Crippen LogP contribution in [-0.4, -0.2) is 0 Å². The second-order valence-corrected chi connectivity index (χ2v) is 5.65. The third-order valence-corrected chi connectivity index (χ3v) is 4.19. The van der Waals surface area contributed by atoms with Crippen molar-refractivity contribution in [1.82, 2.24) is 0 Å². The Morgan fingerprint density at radius 1 is 1.29 bits per heavy atom. The highest BCUT2D eigenvalue weighted by Crippen LogP contribution is 2.39. The number of halogens is 2. The molecule has 1 saturated carbocycles. The molecule has 0 aliphatic heterocycles. The van der Waals surface area contributed by atoms with Gasteiger partial charge in [-0.25, -0.2) is 0 Å². The first kappa shape index (κ1) is 10.7. The van der Waals surface area contributed by atoms with Crippen LogP contribution in [0.5, 0.6) is 0 Å². The summed E-state index contributed by atoms with van der Waals surface area (Å²) in [7, 11) is 0. The molecule has 1 aromatic rings. The van der Waals surface area contributed by atoms with Gasteiger partial charge in [-0.2, -0.15) is 0 Å². The Kier molecular flexibility index (Phi) is 3.30. The molecule has 1 aliphatic rings. The lowest BCUT2D eigenvalue weighted by Gasteiger charge is -2.32. The molecule has 0 spiro atoms. The SMILES string of the molecule is NC(c1cc(Br)ccc1Br)C1CCC1. The van der Waals surface area contributed by atoms with E-state index >= 15 is 0 Å². The third-order valence-electron chi connectivity index (χ3n) is 2.97. The largest absolute Gasteiger partial charge is 0.324 e. The van der Waals surface area contributed by atoms with Crippen molar-refractivity contribution in [3.63, 3.8) is 0 Å². The smallest absolute Gasteiger partial charge is 0.0335 e. The van der Waals surface area contributed by atoms with Gasteiger partial charge in [0.2, 0.25) is 0 Å². The minimum absolute atomic E-state index is 0.190. The molecule has 2 rings (SSSR count). The van der Waals surface area contributed by atoms with Crippen molar-refractivity contribution >= 4 is 31.9 Å². The summed E-state index contributed by atoms with van der Waals surface area (Å²) in [5, 5.41) is 0. The van der Waals surface area contributed by atoms with Gasteiger partial charge in [0.05, 0.1) is 0 Å². The minimum Gasteiger partial charge on any atom is -0.324 e. The van der Waals surface area contributed by atoms with Crippen LogP contribution in [0.15, 0.2) is 27.1 Å². The van der Waals surface area contributed by atoms with Crippen molar-refractivity contribution in [2.45, 2.75) is 25.3 Å². The van der Waals surface area contributed by atoms with E-state index in [1.165, 1.54) is 24.8 Å². The zero-order valence-corrected chi connectivity index (χ0v) is 11.0. The Hall–Kier alpha value is 0.140. The average molecular weight is 319 g/mol. The Labute approximate surface area is 101 Å². The van der Waals surface area contributed by atoms with Crippen LogP contribution in [0.3, 0.4) is 0 Å². The summed E-state index contributed by atoms with van der Waals surface area (Å²) >= 11 is 7.03. The van der Waals surface area contributed by atoms with Crippen molar-refractivity contribution in [2.75, 3.05) is 0 Å². The molecule has 1 nitrogen and oxygen atoms in total. The topological polar surface area (TPSA) is 26.0 Å². The normalized spacial score (nSPS) is 19.1. The molecule has 1 fully saturated rings. The van der Waals surface area contributed by atoms with Crippen LogP contribution in [0.1, 0.15) is 30.9 Å². The Morgan fingerprint density at radius 3 is 2.57 bits per heavy atom. The standard InChI is InChI=1S/C11H13Br2N/c12-8-4-5-10(13)9(6-8)11(14)7-2-1-3-7/h4-7,11H,1-3,14H2. The van der Waals surface area contributed by atoms with Crippen molar-refractivity contribution in [1.29, 1.82) is 0 Å². The zero-order chi connectivity index (χ0) is 10.1. The fourth-order valence-corrected chi connectivity index (χ4v) is 2.71. The first-order valence-corrected chi connectivity index (χ1v) is 6.47. The Bertz CT molecular complexity index is 334. The average Bonchev–Trinajstić information content (AvgIpc) is 2.06. The summed E-state index contributed by atoms with van der Waals surface area (Å²) in [4.78, 5) is 0. The number of rotatable bonds is 2. The first-order chi connectivity index (χ1) is 6.68. The Morgan fingerprint density at radius 2 is 2.00 bits per heavy atom. The van der Waals surface area contributed by atoms with E-state index in [-0.39, 0.29) is 6.04 Å². The zero-order valence-electron chi connectivity index (χ0n) is 7.84. The lowest BCUT2D eigenvalue weighted by Crippen LogP contribution is -2.27. The van der Waals surface area contributed by atoms with E-state index < -0.39 is 0 Å². The maximum Gasteiger partial charge on any atom is 0.0335 e. The van der Waals surface area contributed by atoms with Crippen molar-refractivity contribution in [3.05, 3.63) is 32.7 Å². The van der Waals surface area contributed by atoms with Gasteiger partial charge in [0.1, 0.15) is 0 Å². The van der Waals surface area contributed by atoms with E-state index in [0.29, 0.717) is 5.92 Å². The Balaban J connectivity index is 2.24. The van der Waals surface area contributed by atoms with Crippen molar-refractivity contribution in [2.24, 2.45) is 11.7 Å². The molecule has 1 unspecified atom stereocenters. The maximum absolute atomic E-state index is 6.22. The molecule has 0 saturated heterocycles. The summed E-state index contributed by atoms with van der Waals surface area (Å²) in [6.45, 7) is 0. The minimum atomic E-state index is 0.190. The van der Waals surface area contributed by atoms with Gasteiger partial charge < -0.3 is 5.73 Å². The van der Waals surface area contributed by atoms with Crippen LogP contribution in [-0.2, 0) is 0 Å². The second-order valence-electron chi connectivity index (χ2n) is 3.88. The lowest BCUT2D eigenvalue weighted by molar-refractivity contribution is 0.264. The summed E-state index contributed by atoms with van der Waals surface area (Å²) in [5.41, 5.74) is 7.45. The molecule has 0 radical (unpaired) electrons. The quantitative estimate of drug-likeness (QED) is 0.876. The molecular formula is C11H13Br2N. The van der Waals surface area contributed by atoms with Gasteiger partial charge >= 0.3 is 0 Å². The van der Waals surface area contributed by atoms with Gasteiger partial charge in [0, 0.05) is 15.0 Å². The van der Waals surface area contributed by atoms with Crippen molar-refractivity contribution in [3.8, 4) is 0 Å². The highest BCUT2D eigenvalue weighted by molar-refractivity contribution is 9.11. The second kappa shape index (κ2) is 4.33. The van der Waals surface area contributed by atoms with Gasteiger partial charge in [0.25, 0.3) is 0 Å². The molecule has 2 N–H and O–H groups in total. The number of benzene rings is 1. The maximum atomic E-state index is 6.22. The molecule has 0 amide bonds. The van der Waals surface area contributed by atoms with Gasteiger partial charge in [-0.1, -0.05) is 38.3 Å². The molecule has 0 heterocycles. The molecule has 0 aromatic heterocycles. The first-order valence-electron chi connectivity index (χ1n) is 4.89. The van der Waals surface area contributed by atoms with Gasteiger partial charge in [0.15, 0.2) is 0 Å². The van der Waals surface area contributed by atoms with E-state index in [1.54, 1.807) is 0 Å². The van der Waals surface area contributed by atoms with Crippen LogP contribution in [0.4, 0.5) is 0 Å². The fraction of sp³-hybridized carbons (Fsp3) is 0.455. The summed E-state index contributed by atoms with van der Waals surface area (Å²) < 4.78 is 2.23. The summed E-state index contributed by atoms with van der Waals surface area (Å²) in [6.07, 6.45) is 3.89. The molecule has 1 aliphatic carbocycles. The molecule has 1 aromatic carbocycles. The van der Waals surface area contributed by atoms with E-state index in [1.807, 2.05) is 6.07 Å². The van der Waals surface area contributed by atoms with Gasteiger partial charge in [-0.05, 0) is 42.5 Å². The van der Waals surface area contributed by atoms with Crippen LogP contribution < -0.4 is 5.73 Å². The van der Waals surface area contributed by atoms with Crippen LogP contribution in [0, 0.1) is 5.92 Å². The van der Waals surface area contributed by atoms with E-state index in [9.17, 15) is 0 Å². The highest BCUT2D eigenvalue weighted by Gasteiger charge is 2.26. The van der Waals surface area contributed by atoms with E-state index in [0.717, 1.165) is 8.95 Å². The summed E-state index contributed by atoms with van der Waals surface area (Å²) in [5.74, 6) is 0.681. The van der Waals surface area contributed by atoms with Crippen LogP contribution in [0.25, 0.3) is 0 Å². The van der Waals surface area contributed by atoms with Crippen LogP contribution >= 0.6 is 31.9 Å². The molecule has 14 heavy (non-hydrogen) atoms. The fourth-order valence-electron chi connectivity index (χ4n) is 1.82. The number of nitrogens with two attached hydrogens (primary N) is 1. The molecular weight excluding hydrogens is 306 g/mol. The molecule has 3 heteroatoms. The predicted octanol–water partition coefficient (Wildman–Crippen LogP) is 4.01. The molecule has 76 valence electrons. The van der Waals surface area contributed by atoms with E-state index in [2.05, 4.69) is 44.0 Å². The van der Waals surface area contributed by atoms with Crippen molar-refractivity contribution < 1.29 is 0 Å². The van der Waals surface area contributed by atoms with Gasteiger partial charge in [-0.3, -0.25) is 0 Å². The van der Waals surface area contributed by atoms with Crippen LogP contribution in [0.2, 0.25) is 0 Å². The molecule has 0 bridgehead atoms. The highest BCUT2D eigenvalue weighted by atomic mass is 79.9. The summed E-state index contributed by atoms with van der Waals surface area (Å²) in [6, 6.07) is 6.39. The third kappa shape index (κ3) is 2.05. The molecule has 1 atom stereocenters. The monoisotopic (exact) mass is 317 g/mol. The van der Waals surface area contributed by atoms with E-state index in [4.69, 9.17) is 5.73 Å². The number of hydrogen-bond acceptors (Lipinski definition) is 1.